The second-order valence-electron chi connectivity index (χ2n) is 5.87. The molecule has 0 aliphatic heterocycles. The smallest absolute Gasteiger partial charge is 0.418 e. The lowest BCUT2D eigenvalue weighted by molar-refractivity contribution is -0.137. The minimum atomic E-state index is -4.54. The summed E-state index contributed by atoms with van der Waals surface area (Å²) in [7, 11) is 0. The molecule has 0 saturated heterocycles. The van der Waals surface area contributed by atoms with Gasteiger partial charge in [0.1, 0.15) is 5.75 Å². The van der Waals surface area contributed by atoms with E-state index < -0.39 is 17.6 Å². The molecule has 0 saturated carbocycles. The Kier molecular flexibility index (Phi) is 6.31. The summed E-state index contributed by atoms with van der Waals surface area (Å²) in [5, 5.41) is 2.33. The highest BCUT2D eigenvalue weighted by atomic mass is 127. The first kappa shape index (κ1) is 19.6. The van der Waals surface area contributed by atoms with E-state index in [1.807, 2.05) is 13.8 Å². The van der Waals surface area contributed by atoms with Crippen LogP contribution in [-0.4, -0.2) is 12.5 Å². The standard InChI is InChI=1S/C18H17F3INO2/c1-11(2)10-25-14-6-3-12(4-7-14)17(24)23-16-8-5-13(22)9-15(16)18(19,20)21/h3-9,11H,10H2,1-2H3,(H,23,24). The second-order valence-corrected chi connectivity index (χ2v) is 7.12. The van der Waals surface area contributed by atoms with Gasteiger partial charge in [-0.25, -0.2) is 0 Å². The van der Waals surface area contributed by atoms with Crippen molar-refractivity contribution in [1.29, 1.82) is 0 Å². The number of halogens is 4. The SMILES string of the molecule is CC(C)COc1ccc(C(=O)Nc2ccc(I)cc2C(F)(F)F)cc1. The summed E-state index contributed by atoms with van der Waals surface area (Å²) in [6, 6.07) is 10.0. The average molecular weight is 463 g/mol. The van der Waals surface area contributed by atoms with Crippen LogP contribution in [0.1, 0.15) is 29.8 Å². The molecule has 0 atom stereocenters. The predicted molar refractivity (Wildman–Crippen MR) is 98.9 cm³/mol. The van der Waals surface area contributed by atoms with Crippen LogP contribution in [0, 0.1) is 9.49 Å². The Morgan fingerprint density at radius 2 is 1.80 bits per heavy atom. The lowest BCUT2D eigenvalue weighted by Crippen LogP contribution is -2.17. The Hall–Kier alpha value is -1.77. The zero-order valence-corrected chi connectivity index (χ0v) is 15.8. The molecule has 0 heterocycles. The minimum Gasteiger partial charge on any atom is -0.493 e. The lowest BCUT2D eigenvalue weighted by Gasteiger charge is -2.14. The molecule has 0 aliphatic carbocycles. The molecule has 1 amide bonds. The van der Waals surface area contributed by atoms with Gasteiger partial charge >= 0.3 is 6.18 Å². The van der Waals surface area contributed by atoms with Gasteiger partial charge in [0.25, 0.3) is 5.91 Å². The molecule has 2 rings (SSSR count). The highest BCUT2D eigenvalue weighted by Gasteiger charge is 2.34. The summed E-state index contributed by atoms with van der Waals surface area (Å²) in [5.41, 5.74) is -0.883. The summed E-state index contributed by atoms with van der Waals surface area (Å²) >= 11 is 1.80. The van der Waals surface area contributed by atoms with E-state index in [4.69, 9.17) is 4.74 Å². The number of hydrogen-bond donors (Lipinski definition) is 1. The monoisotopic (exact) mass is 463 g/mol. The highest BCUT2D eigenvalue weighted by molar-refractivity contribution is 14.1. The van der Waals surface area contributed by atoms with E-state index in [9.17, 15) is 18.0 Å². The summed E-state index contributed by atoms with van der Waals surface area (Å²) in [4.78, 5) is 12.2. The Morgan fingerprint density at radius 1 is 1.16 bits per heavy atom. The number of carbonyl (C=O) groups is 1. The van der Waals surface area contributed by atoms with Crippen molar-refractivity contribution in [3.05, 3.63) is 57.2 Å². The van der Waals surface area contributed by atoms with E-state index in [-0.39, 0.29) is 11.3 Å². The highest BCUT2D eigenvalue weighted by Crippen LogP contribution is 2.36. The van der Waals surface area contributed by atoms with E-state index in [0.717, 1.165) is 6.07 Å². The molecule has 0 aliphatic rings. The largest absolute Gasteiger partial charge is 0.493 e. The predicted octanol–water partition coefficient (Wildman–Crippen LogP) is 5.60. The van der Waals surface area contributed by atoms with Gasteiger partial charge in [0.2, 0.25) is 0 Å². The van der Waals surface area contributed by atoms with Crippen molar-refractivity contribution in [3.63, 3.8) is 0 Å². The summed E-state index contributed by atoms with van der Waals surface area (Å²) in [5.74, 6) is 0.363. The van der Waals surface area contributed by atoms with Crippen LogP contribution in [-0.2, 0) is 6.18 Å². The van der Waals surface area contributed by atoms with Crippen LogP contribution in [0.2, 0.25) is 0 Å². The topological polar surface area (TPSA) is 38.3 Å². The summed E-state index contributed by atoms with van der Waals surface area (Å²) in [6.07, 6.45) is -4.54. The van der Waals surface area contributed by atoms with E-state index in [1.54, 1.807) is 34.7 Å². The van der Waals surface area contributed by atoms with Gasteiger partial charge in [0, 0.05) is 9.13 Å². The molecular weight excluding hydrogens is 446 g/mol. The molecule has 2 aromatic rings. The maximum atomic E-state index is 13.1. The number of ether oxygens (including phenoxy) is 1. The molecule has 1 N–H and O–H groups in total. The van der Waals surface area contributed by atoms with Crippen molar-refractivity contribution in [2.45, 2.75) is 20.0 Å². The molecule has 0 radical (unpaired) electrons. The molecule has 7 heteroatoms. The number of carbonyl (C=O) groups excluding carboxylic acids is 1. The third kappa shape index (κ3) is 5.62. The van der Waals surface area contributed by atoms with Crippen LogP contribution in [0.4, 0.5) is 18.9 Å². The quantitative estimate of drug-likeness (QED) is 0.587. The lowest BCUT2D eigenvalue weighted by atomic mass is 10.1. The van der Waals surface area contributed by atoms with Crippen LogP contribution in [0.5, 0.6) is 5.75 Å². The maximum Gasteiger partial charge on any atom is 0.418 e. The number of alkyl halides is 3. The first-order valence-corrected chi connectivity index (χ1v) is 8.65. The van der Waals surface area contributed by atoms with Crippen LogP contribution in [0.25, 0.3) is 0 Å². The molecule has 0 aromatic heterocycles. The van der Waals surface area contributed by atoms with Crippen LogP contribution in [0.15, 0.2) is 42.5 Å². The second kappa shape index (κ2) is 8.07. The Balaban J connectivity index is 2.15. The van der Waals surface area contributed by atoms with E-state index in [0.29, 0.717) is 21.8 Å². The van der Waals surface area contributed by atoms with Gasteiger partial charge in [-0.15, -0.1) is 0 Å². The molecule has 25 heavy (non-hydrogen) atoms. The first-order valence-electron chi connectivity index (χ1n) is 7.58. The third-order valence-electron chi connectivity index (χ3n) is 3.24. The number of hydrogen-bond acceptors (Lipinski definition) is 2. The van der Waals surface area contributed by atoms with Crippen molar-refractivity contribution in [3.8, 4) is 5.75 Å². The molecule has 2 aromatic carbocycles. The number of nitrogens with one attached hydrogen (secondary N) is 1. The Labute approximate surface area is 157 Å². The Morgan fingerprint density at radius 3 is 2.36 bits per heavy atom. The van der Waals surface area contributed by atoms with Crippen molar-refractivity contribution in [2.24, 2.45) is 5.92 Å². The van der Waals surface area contributed by atoms with E-state index in [1.165, 1.54) is 24.3 Å². The summed E-state index contributed by atoms with van der Waals surface area (Å²) in [6.45, 7) is 4.57. The normalized spacial score (nSPS) is 11.5. The summed E-state index contributed by atoms with van der Waals surface area (Å²) < 4.78 is 45.3. The van der Waals surface area contributed by atoms with E-state index >= 15 is 0 Å². The van der Waals surface area contributed by atoms with Crippen molar-refractivity contribution >= 4 is 34.2 Å². The fourth-order valence-electron chi connectivity index (χ4n) is 2.02. The van der Waals surface area contributed by atoms with E-state index in [2.05, 4.69) is 5.32 Å². The average Bonchev–Trinajstić information content (AvgIpc) is 2.54. The first-order chi connectivity index (χ1) is 11.7. The van der Waals surface area contributed by atoms with Gasteiger partial charge in [0.15, 0.2) is 0 Å². The maximum absolute atomic E-state index is 13.1. The third-order valence-corrected chi connectivity index (χ3v) is 3.91. The minimum absolute atomic E-state index is 0.253. The Bertz CT molecular complexity index is 743. The molecule has 0 bridgehead atoms. The number of benzene rings is 2. The number of amides is 1. The van der Waals surface area contributed by atoms with Crippen molar-refractivity contribution < 1.29 is 22.7 Å². The van der Waals surface area contributed by atoms with Gasteiger partial charge in [-0.1, -0.05) is 13.8 Å². The molecule has 0 spiro atoms. The van der Waals surface area contributed by atoms with Gasteiger partial charge in [-0.2, -0.15) is 13.2 Å². The number of rotatable bonds is 5. The number of anilines is 1. The van der Waals surface area contributed by atoms with Crippen molar-refractivity contribution in [1.82, 2.24) is 0 Å². The molecule has 134 valence electrons. The molecular formula is C18H17F3INO2. The van der Waals surface area contributed by atoms with Crippen LogP contribution >= 0.6 is 22.6 Å². The van der Waals surface area contributed by atoms with Gasteiger partial charge in [-0.05, 0) is 71.0 Å². The van der Waals surface area contributed by atoms with Gasteiger partial charge in [-0.3, -0.25) is 4.79 Å². The molecule has 0 fully saturated rings. The fourth-order valence-corrected chi connectivity index (χ4v) is 2.51. The fraction of sp³-hybridized carbons (Fsp3) is 0.278. The van der Waals surface area contributed by atoms with Gasteiger partial charge < -0.3 is 10.1 Å². The zero-order chi connectivity index (χ0) is 18.6. The van der Waals surface area contributed by atoms with Gasteiger partial charge in [0.05, 0.1) is 17.9 Å². The molecule has 0 unspecified atom stereocenters. The van der Waals surface area contributed by atoms with Crippen LogP contribution < -0.4 is 10.1 Å². The zero-order valence-electron chi connectivity index (χ0n) is 13.7. The van der Waals surface area contributed by atoms with Crippen LogP contribution in [0.3, 0.4) is 0 Å². The molecule has 3 nitrogen and oxygen atoms in total. The van der Waals surface area contributed by atoms with Crippen molar-refractivity contribution in [2.75, 3.05) is 11.9 Å².